The molecule has 0 aliphatic carbocycles. The molecule has 0 spiro atoms. The number of rotatable bonds is 8. The first-order chi connectivity index (χ1) is 12.2. The van der Waals surface area contributed by atoms with E-state index in [2.05, 4.69) is 20.7 Å². The van der Waals surface area contributed by atoms with Crippen molar-refractivity contribution in [2.24, 2.45) is 5.10 Å². The van der Waals surface area contributed by atoms with Gasteiger partial charge in [-0.25, -0.2) is 0 Å². The fourth-order valence-corrected chi connectivity index (χ4v) is 2.74. The molecule has 1 aliphatic rings. The van der Waals surface area contributed by atoms with Gasteiger partial charge in [0.25, 0.3) is 0 Å². The number of hydrazone groups is 1. The van der Waals surface area contributed by atoms with Crippen LogP contribution in [0.1, 0.15) is 18.9 Å². The quantitative estimate of drug-likeness (QED) is 0.318. The molecule has 0 saturated carbocycles. The number of nitrogens with one attached hydrogen (secondary N) is 2. The molecule has 138 valence electrons. The van der Waals surface area contributed by atoms with Crippen molar-refractivity contribution in [3.05, 3.63) is 29.8 Å². The Morgan fingerprint density at radius 2 is 2.00 bits per heavy atom. The van der Waals surface area contributed by atoms with E-state index < -0.39 is 0 Å². The Morgan fingerprint density at radius 3 is 2.68 bits per heavy atom. The topological polar surface area (TPSA) is 58.1 Å². The van der Waals surface area contributed by atoms with Crippen LogP contribution in [0.4, 0.5) is 0 Å². The van der Waals surface area contributed by atoms with Gasteiger partial charge in [-0.3, -0.25) is 10.3 Å². The van der Waals surface area contributed by atoms with E-state index in [1.807, 2.05) is 31.2 Å². The van der Waals surface area contributed by atoms with Crippen LogP contribution in [0.2, 0.25) is 0 Å². The molecular weight excluding hydrogens is 336 g/mol. The fourth-order valence-electron chi connectivity index (χ4n) is 2.59. The van der Waals surface area contributed by atoms with E-state index >= 15 is 0 Å². The van der Waals surface area contributed by atoms with Gasteiger partial charge in [-0.2, -0.15) is 5.10 Å². The molecule has 1 fully saturated rings. The molecule has 2 N–H and O–H groups in total. The van der Waals surface area contributed by atoms with Crippen molar-refractivity contribution < 1.29 is 9.47 Å². The Balaban J connectivity index is 1.61. The van der Waals surface area contributed by atoms with Gasteiger partial charge in [-0.15, -0.1) is 0 Å². The predicted molar refractivity (Wildman–Crippen MR) is 105 cm³/mol. The van der Waals surface area contributed by atoms with Crippen LogP contribution in [-0.2, 0) is 11.2 Å². The van der Waals surface area contributed by atoms with Crippen molar-refractivity contribution in [2.75, 3.05) is 46.5 Å². The number of benzene rings is 1. The summed E-state index contributed by atoms with van der Waals surface area (Å²) in [5.41, 5.74) is 5.08. The minimum absolute atomic E-state index is 0.566. The zero-order valence-corrected chi connectivity index (χ0v) is 15.9. The van der Waals surface area contributed by atoms with Crippen molar-refractivity contribution in [1.29, 1.82) is 0 Å². The Kier molecular flexibility index (Phi) is 8.65. The lowest BCUT2D eigenvalue weighted by Crippen LogP contribution is -2.39. The second kappa shape index (κ2) is 11.0. The smallest absolute Gasteiger partial charge is 0.186 e. The minimum Gasteiger partial charge on any atom is -0.497 e. The van der Waals surface area contributed by atoms with Gasteiger partial charge in [-0.1, -0.05) is 12.1 Å². The summed E-state index contributed by atoms with van der Waals surface area (Å²) in [5.74, 6) is 0.860. The minimum atomic E-state index is 0.566. The third-order valence-corrected chi connectivity index (χ3v) is 4.24. The van der Waals surface area contributed by atoms with Gasteiger partial charge in [0.2, 0.25) is 0 Å². The van der Waals surface area contributed by atoms with Gasteiger partial charge < -0.3 is 14.8 Å². The molecule has 0 amide bonds. The van der Waals surface area contributed by atoms with Crippen molar-refractivity contribution in [3.8, 4) is 5.75 Å². The highest BCUT2D eigenvalue weighted by atomic mass is 32.1. The number of ether oxygens (including phenoxy) is 2. The second-order valence-electron chi connectivity index (χ2n) is 6.05. The SMILES string of the molecule is COc1ccc(C/C(C)=N\NC(=S)NCCCN2CCOCC2)cc1. The summed E-state index contributed by atoms with van der Waals surface area (Å²) in [6.07, 6.45) is 1.83. The average Bonchev–Trinajstić information content (AvgIpc) is 2.65. The first-order valence-corrected chi connectivity index (χ1v) is 9.08. The normalized spacial score (nSPS) is 15.7. The number of thiocarbonyl (C=S) groups is 1. The molecular formula is C18H28N4O2S. The molecule has 0 bridgehead atoms. The van der Waals surface area contributed by atoms with Gasteiger partial charge in [0.1, 0.15) is 5.75 Å². The van der Waals surface area contributed by atoms with E-state index in [1.165, 1.54) is 5.56 Å². The number of morpholine rings is 1. The molecule has 1 aromatic carbocycles. The fraction of sp³-hybridized carbons (Fsp3) is 0.556. The molecule has 0 aromatic heterocycles. The highest BCUT2D eigenvalue weighted by Gasteiger charge is 2.09. The van der Waals surface area contributed by atoms with Gasteiger partial charge in [0, 0.05) is 31.8 Å². The van der Waals surface area contributed by atoms with Crippen molar-refractivity contribution >= 4 is 23.0 Å². The van der Waals surface area contributed by atoms with Crippen LogP contribution in [0.15, 0.2) is 29.4 Å². The van der Waals surface area contributed by atoms with Crippen molar-refractivity contribution in [3.63, 3.8) is 0 Å². The largest absolute Gasteiger partial charge is 0.497 e. The number of hydrogen-bond donors (Lipinski definition) is 2. The number of methoxy groups -OCH3 is 1. The lowest BCUT2D eigenvalue weighted by molar-refractivity contribution is 0.0376. The van der Waals surface area contributed by atoms with E-state index in [1.54, 1.807) is 7.11 Å². The molecule has 1 aliphatic heterocycles. The van der Waals surface area contributed by atoms with Crippen molar-refractivity contribution in [2.45, 2.75) is 19.8 Å². The predicted octanol–water partition coefficient (Wildman–Crippen LogP) is 1.80. The third-order valence-electron chi connectivity index (χ3n) is 4.01. The van der Waals surface area contributed by atoms with E-state index in [9.17, 15) is 0 Å². The van der Waals surface area contributed by atoms with Gasteiger partial charge in [0.05, 0.1) is 20.3 Å². The van der Waals surface area contributed by atoms with Crippen LogP contribution in [-0.4, -0.2) is 62.2 Å². The van der Waals surface area contributed by atoms with Crippen LogP contribution >= 0.6 is 12.2 Å². The molecule has 7 heteroatoms. The van der Waals surface area contributed by atoms with Crippen LogP contribution in [0, 0.1) is 0 Å². The number of hydrogen-bond acceptors (Lipinski definition) is 5. The summed E-state index contributed by atoms with van der Waals surface area (Å²) < 4.78 is 10.5. The van der Waals surface area contributed by atoms with Gasteiger partial charge in [0.15, 0.2) is 5.11 Å². The summed E-state index contributed by atoms with van der Waals surface area (Å²) in [6, 6.07) is 7.99. The molecule has 6 nitrogen and oxygen atoms in total. The molecule has 1 saturated heterocycles. The van der Waals surface area contributed by atoms with Crippen LogP contribution < -0.4 is 15.5 Å². The maximum Gasteiger partial charge on any atom is 0.186 e. The van der Waals surface area contributed by atoms with Gasteiger partial charge in [-0.05, 0) is 49.8 Å². The number of nitrogens with zero attached hydrogens (tertiary/aromatic N) is 2. The first-order valence-electron chi connectivity index (χ1n) is 8.67. The maximum atomic E-state index is 5.34. The maximum absolute atomic E-state index is 5.34. The van der Waals surface area contributed by atoms with E-state index in [0.717, 1.165) is 63.7 Å². The van der Waals surface area contributed by atoms with Gasteiger partial charge >= 0.3 is 0 Å². The summed E-state index contributed by atoms with van der Waals surface area (Å²) in [7, 11) is 1.67. The first kappa shape index (κ1) is 19.6. The summed E-state index contributed by atoms with van der Waals surface area (Å²) in [4.78, 5) is 2.42. The Hall–Kier alpha value is -1.70. The Bertz CT molecular complexity index is 557. The van der Waals surface area contributed by atoms with E-state index in [4.69, 9.17) is 21.7 Å². The highest BCUT2D eigenvalue weighted by molar-refractivity contribution is 7.80. The Labute approximate surface area is 155 Å². The zero-order valence-electron chi connectivity index (χ0n) is 15.1. The molecule has 0 atom stereocenters. The lowest BCUT2D eigenvalue weighted by Gasteiger charge is -2.26. The standard InChI is InChI=1S/C18H28N4O2S/c1-15(14-16-4-6-17(23-2)7-5-16)20-21-18(25)19-8-3-9-22-10-12-24-13-11-22/h4-7H,3,8-14H2,1-2H3,(H2,19,21,25)/b20-15-. The summed E-state index contributed by atoms with van der Waals surface area (Å²) in [6.45, 7) is 7.63. The summed E-state index contributed by atoms with van der Waals surface area (Å²) in [5, 5.41) is 8.10. The van der Waals surface area contributed by atoms with Crippen LogP contribution in [0.3, 0.4) is 0 Å². The third kappa shape index (κ3) is 7.81. The van der Waals surface area contributed by atoms with E-state index in [0.29, 0.717) is 5.11 Å². The van der Waals surface area contributed by atoms with Crippen LogP contribution in [0.25, 0.3) is 0 Å². The molecule has 2 rings (SSSR count). The van der Waals surface area contributed by atoms with E-state index in [-0.39, 0.29) is 0 Å². The molecule has 0 unspecified atom stereocenters. The monoisotopic (exact) mass is 364 g/mol. The molecule has 1 aromatic rings. The highest BCUT2D eigenvalue weighted by Crippen LogP contribution is 2.11. The molecule has 25 heavy (non-hydrogen) atoms. The second-order valence-corrected chi connectivity index (χ2v) is 6.46. The molecule has 1 heterocycles. The van der Waals surface area contributed by atoms with Crippen molar-refractivity contribution in [1.82, 2.24) is 15.6 Å². The Morgan fingerprint density at radius 1 is 1.28 bits per heavy atom. The molecule has 0 radical (unpaired) electrons. The van der Waals surface area contributed by atoms with Crippen LogP contribution in [0.5, 0.6) is 5.75 Å². The lowest BCUT2D eigenvalue weighted by atomic mass is 10.1. The summed E-state index contributed by atoms with van der Waals surface area (Å²) >= 11 is 5.26. The zero-order chi connectivity index (χ0) is 17.9. The average molecular weight is 365 g/mol.